The Morgan fingerprint density at radius 1 is 0.885 bits per heavy atom. The van der Waals surface area contributed by atoms with Gasteiger partial charge in [-0.15, -0.1) is 0 Å². The molecule has 0 saturated heterocycles. The molecule has 0 atom stereocenters. The summed E-state index contributed by atoms with van der Waals surface area (Å²) in [5, 5.41) is 0. The van der Waals surface area contributed by atoms with Crippen molar-refractivity contribution in [2.75, 3.05) is 0 Å². The van der Waals surface area contributed by atoms with Crippen LogP contribution in [0.2, 0.25) is 0 Å². The molecule has 26 heavy (non-hydrogen) atoms. The zero-order valence-electron chi connectivity index (χ0n) is 14.8. The van der Waals surface area contributed by atoms with Crippen molar-refractivity contribution < 1.29 is 4.79 Å². The van der Waals surface area contributed by atoms with Crippen molar-refractivity contribution in [1.29, 1.82) is 0 Å². The van der Waals surface area contributed by atoms with Crippen molar-refractivity contribution in [3.8, 4) is 0 Å². The number of fused-ring (bicyclic) bond motifs is 1. The van der Waals surface area contributed by atoms with Gasteiger partial charge in [0.05, 0.1) is 0 Å². The molecule has 4 rings (SSSR count). The van der Waals surface area contributed by atoms with Gasteiger partial charge < -0.3 is 0 Å². The van der Waals surface area contributed by atoms with E-state index in [2.05, 4.69) is 66.8 Å². The fourth-order valence-corrected chi connectivity index (χ4v) is 3.72. The van der Waals surface area contributed by atoms with Crippen molar-refractivity contribution in [3.63, 3.8) is 0 Å². The molecule has 128 valence electrons. The smallest absolute Gasteiger partial charge is 0.167 e. The molecule has 2 aliphatic carbocycles. The summed E-state index contributed by atoms with van der Waals surface area (Å²) < 4.78 is 0. The van der Waals surface area contributed by atoms with E-state index in [0.717, 1.165) is 30.4 Å². The average molecular weight is 338 g/mol. The first-order valence-corrected chi connectivity index (χ1v) is 9.23. The maximum absolute atomic E-state index is 12.9. The monoisotopic (exact) mass is 338 g/mol. The van der Waals surface area contributed by atoms with Crippen LogP contribution < -0.4 is 0 Å². The fraction of sp³-hybridized carbons (Fsp3) is 0.160. The fourth-order valence-electron chi connectivity index (χ4n) is 3.72. The van der Waals surface area contributed by atoms with Crippen LogP contribution >= 0.6 is 0 Å². The first kappa shape index (κ1) is 16.5. The van der Waals surface area contributed by atoms with Crippen molar-refractivity contribution in [1.82, 2.24) is 0 Å². The Hall–Kier alpha value is -2.93. The van der Waals surface area contributed by atoms with Crippen molar-refractivity contribution in [2.24, 2.45) is 0 Å². The number of carbonyl (C=O) groups excluding carboxylic acids is 1. The highest BCUT2D eigenvalue weighted by Gasteiger charge is 2.23. The number of allylic oxidation sites excluding steroid dienone is 8. The summed E-state index contributed by atoms with van der Waals surface area (Å²) in [7, 11) is 0. The van der Waals surface area contributed by atoms with Gasteiger partial charge >= 0.3 is 0 Å². The number of ketones is 1. The Balaban J connectivity index is 1.75. The molecular weight excluding hydrogens is 316 g/mol. The van der Waals surface area contributed by atoms with E-state index in [-0.39, 0.29) is 5.78 Å². The highest BCUT2D eigenvalue weighted by Crippen LogP contribution is 2.34. The molecule has 0 radical (unpaired) electrons. The van der Waals surface area contributed by atoms with Crippen LogP contribution in [0.5, 0.6) is 0 Å². The minimum absolute atomic E-state index is 0.238. The van der Waals surface area contributed by atoms with Crippen LogP contribution in [0.25, 0.3) is 5.57 Å². The molecule has 1 heteroatoms. The summed E-state index contributed by atoms with van der Waals surface area (Å²) in [5.41, 5.74) is 6.99. The molecule has 2 aromatic carbocycles. The van der Waals surface area contributed by atoms with Gasteiger partial charge in [-0.1, -0.05) is 78.9 Å². The van der Waals surface area contributed by atoms with Crippen LogP contribution in [0, 0.1) is 0 Å². The number of carbonyl (C=O) groups is 1. The largest absolute Gasteiger partial charge is 0.294 e. The standard InChI is InChI=1S/C25H22O/c26-25-18-21-13-7-8-14-22(21)23(16-15-19-9-3-1-4-10-19)24(25)17-20-11-5-2-6-12-20/h1-11,13-14,17H,12,15-16,18H2. The Bertz CT molecular complexity index is 939. The molecule has 0 bridgehead atoms. The van der Waals surface area contributed by atoms with Gasteiger partial charge in [0.2, 0.25) is 0 Å². The van der Waals surface area contributed by atoms with Gasteiger partial charge in [-0.3, -0.25) is 4.79 Å². The van der Waals surface area contributed by atoms with E-state index in [1.165, 1.54) is 22.3 Å². The highest BCUT2D eigenvalue weighted by atomic mass is 16.1. The number of benzene rings is 2. The van der Waals surface area contributed by atoms with Gasteiger partial charge in [-0.25, -0.2) is 0 Å². The van der Waals surface area contributed by atoms with Crippen LogP contribution in [0.15, 0.2) is 96.1 Å². The summed E-state index contributed by atoms with van der Waals surface area (Å²) in [6, 6.07) is 18.9. The van der Waals surface area contributed by atoms with Crippen LogP contribution in [0.1, 0.15) is 29.5 Å². The van der Waals surface area contributed by atoms with E-state index in [0.29, 0.717) is 6.42 Å². The second kappa shape index (κ2) is 7.53. The van der Waals surface area contributed by atoms with E-state index in [9.17, 15) is 4.79 Å². The predicted octanol–water partition coefficient (Wildman–Crippen LogP) is 5.64. The molecule has 2 aliphatic rings. The van der Waals surface area contributed by atoms with Crippen molar-refractivity contribution >= 4 is 11.4 Å². The summed E-state index contributed by atoms with van der Waals surface area (Å²) >= 11 is 0. The molecule has 0 saturated carbocycles. The molecule has 0 N–H and O–H groups in total. The van der Waals surface area contributed by atoms with E-state index in [4.69, 9.17) is 0 Å². The van der Waals surface area contributed by atoms with Gasteiger partial charge in [-0.05, 0) is 53.2 Å². The lowest BCUT2D eigenvalue weighted by Gasteiger charge is -2.22. The summed E-state index contributed by atoms with van der Waals surface area (Å²) in [6.45, 7) is 0. The Morgan fingerprint density at radius 3 is 2.50 bits per heavy atom. The molecule has 0 unspecified atom stereocenters. The third-order valence-electron chi connectivity index (χ3n) is 5.07. The zero-order valence-corrected chi connectivity index (χ0v) is 14.8. The van der Waals surface area contributed by atoms with Crippen LogP contribution in [-0.4, -0.2) is 5.78 Å². The van der Waals surface area contributed by atoms with E-state index >= 15 is 0 Å². The van der Waals surface area contributed by atoms with Gasteiger partial charge in [0, 0.05) is 12.0 Å². The van der Waals surface area contributed by atoms with Crippen LogP contribution in [0.3, 0.4) is 0 Å². The van der Waals surface area contributed by atoms with E-state index in [1.807, 2.05) is 18.2 Å². The predicted molar refractivity (Wildman–Crippen MR) is 108 cm³/mol. The molecular formula is C25H22O. The molecule has 0 heterocycles. The normalized spacial score (nSPS) is 17.7. The van der Waals surface area contributed by atoms with Crippen molar-refractivity contribution in [2.45, 2.75) is 25.7 Å². The van der Waals surface area contributed by atoms with Crippen LogP contribution in [0.4, 0.5) is 0 Å². The zero-order chi connectivity index (χ0) is 17.8. The van der Waals surface area contributed by atoms with Crippen molar-refractivity contribution in [3.05, 3.63) is 113 Å². The van der Waals surface area contributed by atoms with Crippen LogP contribution in [-0.2, 0) is 17.6 Å². The molecule has 0 amide bonds. The van der Waals surface area contributed by atoms with Gasteiger partial charge in [-0.2, -0.15) is 0 Å². The highest BCUT2D eigenvalue weighted by molar-refractivity contribution is 6.09. The summed E-state index contributed by atoms with van der Waals surface area (Å²) in [6.07, 6.45) is 13.7. The van der Waals surface area contributed by atoms with E-state index in [1.54, 1.807) is 0 Å². The number of hydrogen-bond acceptors (Lipinski definition) is 1. The second-order valence-corrected chi connectivity index (χ2v) is 6.85. The Morgan fingerprint density at radius 2 is 1.69 bits per heavy atom. The SMILES string of the molecule is O=C1Cc2ccccc2C(CCc2ccccc2)=C1C=C1C=CC=CC1. The van der Waals surface area contributed by atoms with E-state index < -0.39 is 0 Å². The maximum atomic E-state index is 12.9. The molecule has 2 aromatic rings. The molecule has 1 nitrogen and oxygen atoms in total. The third kappa shape index (κ3) is 3.52. The summed E-state index contributed by atoms with van der Waals surface area (Å²) in [4.78, 5) is 12.9. The Labute approximate surface area is 155 Å². The molecule has 0 aliphatic heterocycles. The maximum Gasteiger partial charge on any atom is 0.167 e. The minimum Gasteiger partial charge on any atom is -0.294 e. The lowest BCUT2D eigenvalue weighted by atomic mass is 9.81. The topological polar surface area (TPSA) is 17.1 Å². The van der Waals surface area contributed by atoms with Gasteiger partial charge in [0.1, 0.15) is 0 Å². The summed E-state index contributed by atoms with van der Waals surface area (Å²) in [5.74, 6) is 0.238. The number of rotatable bonds is 4. The van der Waals surface area contributed by atoms with Gasteiger partial charge in [0.15, 0.2) is 5.78 Å². The lowest BCUT2D eigenvalue weighted by molar-refractivity contribution is -0.114. The average Bonchev–Trinajstić information content (AvgIpc) is 2.69. The third-order valence-corrected chi connectivity index (χ3v) is 5.07. The lowest BCUT2D eigenvalue weighted by Crippen LogP contribution is -2.15. The molecule has 0 spiro atoms. The first-order chi connectivity index (χ1) is 12.8. The minimum atomic E-state index is 0.238. The number of hydrogen-bond donors (Lipinski definition) is 0. The Kier molecular flexibility index (Phi) is 4.79. The van der Waals surface area contributed by atoms with Gasteiger partial charge in [0.25, 0.3) is 0 Å². The first-order valence-electron chi connectivity index (χ1n) is 9.23. The molecule has 0 fully saturated rings. The molecule has 0 aromatic heterocycles. The quantitative estimate of drug-likeness (QED) is 0.705. The second-order valence-electron chi connectivity index (χ2n) is 6.85. The number of aryl methyl sites for hydroxylation is 1. The number of Topliss-reactive ketones (excluding diaryl/α,β-unsaturated/α-hetero) is 1.